The van der Waals surface area contributed by atoms with Crippen LogP contribution in [-0.4, -0.2) is 9.97 Å². The first-order chi connectivity index (χ1) is 7.63. The molecule has 0 saturated heterocycles. The predicted octanol–water partition coefficient (Wildman–Crippen LogP) is 3.94. The molecule has 0 bridgehead atoms. The molecule has 0 spiro atoms. The van der Waals surface area contributed by atoms with Gasteiger partial charge in [-0.15, -0.1) is 0 Å². The molecule has 2 aromatic rings. The number of nitrogens with zero attached hydrogens (tertiary/aromatic N) is 2. The van der Waals surface area contributed by atoms with Gasteiger partial charge in [-0.05, 0) is 52.7 Å². The maximum atomic E-state index is 5.86. The Morgan fingerprint density at radius 1 is 1.25 bits per heavy atom. The molecule has 2 aromatic heterocycles. The van der Waals surface area contributed by atoms with Crippen LogP contribution in [-0.2, 0) is 0 Å². The highest BCUT2D eigenvalue weighted by Gasteiger charge is 2.00. The topological polar surface area (TPSA) is 37.8 Å². The lowest BCUT2D eigenvalue weighted by molar-refractivity contribution is 1.21. The van der Waals surface area contributed by atoms with E-state index in [1.807, 2.05) is 19.1 Å². The van der Waals surface area contributed by atoms with Crippen LogP contribution >= 0.6 is 27.5 Å². The molecule has 0 unspecified atom stereocenters. The van der Waals surface area contributed by atoms with Gasteiger partial charge in [0, 0.05) is 11.2 Å². The first kappa shape index (κ1) is 11.4. The number of hydrogen-bond donors (Lipinski definition) is 1. The Bertz CT molecular complexity index is 496. The van der Waals surface area contributed by atoms with Crippen LogP contribution in [0.1, 0.15) is 5.56 Å². The normalized spacial score (nSPS) is 10.2. The van der Waals surface area contributed by atoms with Crippen LogP contribution in [0.25, 0.3) is 0 Å². The van der Waals surface area contributed by atoms with Gasteiger partial charge in [0.1, 0.15) is 16.2 Å². The maximum Gasteiger partial charge on any atom is 0.133 e. The first-order valence-corrected chi connectivity index (χ1v) is 5.83. The Hall–Kier alpha value is -1.13. The fraction of sp³-hybridized carbons (Fsp3) is 0.0909. The molecule has 0 aliphatic carbocycles. The average molecular weight is 299 g/mol. The summed E-state index contributed by atoms with van der Waals surface area (Å²) in [5.41, 5.74) is 1.12. The molecule has 0 aliphatic rings. The fourth-order valence-electron chi connectivity index (χ4n) is 1.29. The lowest BCUT2D eigenvalue weighted by atomic mass is 10.3. The number of aromatic nitrogens is 2. The minimum absolute atomic E-state index is 0.643. The molecule has 0 saturated carbocycles. The number of aryl methyl sites for hydroxylation is 1. The zero-order chi connectivity index (χ0) is 11.5. The van der Waals surface area contributed by atoms with Crippen molar-refractivity contribution in [2.75, 3.05) is 5.32 Å². The Morgan fingerprint density at radius 3 is 2.75 bits per heavy atom. The molecule has 82 valence electrons. The molecule has 5 heteroatoms. The van der Waals surface area contributed by atoms with Crippen molar-refractivity contribution in [2.24, 2.45) is 0 Å². The quantitative estimate of drug-likeness (QED) is 0.853. The summed E-state index contributed by atoms with van der Waals surface area (Å²) in [6.07, 6.45) is 1.65. The van der Waals surface area contributed by atoms with E-state index in [-0.39, 0.29) is 0 Å². The van der Waals surface area contributed by atoms with Crippen molar-refractivity contribution in [1.82, 2.24) is 9.97 Å². The highest BCUT2D eigenvalue weighted by Crippen LogP contribution is 2.19. The standard InChI is InChI=1S/C11H9BrClN3/c1-7-4-9(12)15-11(5-7)16-10-6-8(13)2-3-14-10/h2-6H,1H3,(H,14,15,16). The Labute approximate surface area is 107 Å². The summed E-state index contributed by atoms with van der Waals surface area (Å²) in [6.45, 7) is 2.00. The molecular weight excluding hydrogens is 289 g/mol. The van der Waals surface area contributed by atoms with Crippen molar-refractivity contribution in [3.05, 3.63) is 45.7 Å². The first-order valence-electron chi connectivity index (χ1n) is 4.66. The lowest BCUT2D eigenvalue weighted by Gasteiger charge is -2.06. The monoisotopic (exact) mass is 297 g/mol. The smallest absolute Gasteiger partial charge is 0.133 e. The molecular formula is C11H9BrClN3. The number of hydrogen-bond acceptors (Lipinski definition) is 3. The summed E-state index contributed by atoms with van der Waals surface area (Å²) in [5.74, 6) is 1.42. The van der Waals surface area contributed by atoms with E-state index >= 15 is 0 Å². The third-order valence-electron chi connectivity index (χ3n) is 1.92. The average Bonchev–Trinajstić information content (AvgIpc) is 2.15. The van der Waals surface area contributed by atoms with E-state index < -0.39 is 0 Å². The minimum Gasteiger partial charge on any atom is -0.325 e. The van der Waals surface area contributed by atoms with Crippen molar-refractivity contribution in [3.8, 4) is 0 Å². The third kappa shape index (κ3) is 2.93. The summed E-state index contributed by atoms with van der Waals surface area (Å²) in [6, 6.07) is 7.36. The van der Waals surface area contributed by atoms with Gasteiger partial charge in [0.25, 0.3) is 0 Å². The van der Waals surface area contributed by atoms with Crippen molar-refractivity contribution in [3.63, 3.8) is 0 Å². The highest BCUT2D eigenvalue weighted by atomic mass is 79.9. The van der Waals surface area contributed by atoms with Gasteiger partial charge < -0.3 is 5.32 Å². The van der Waals surface area contributed by atoms with E-state index in [0.29, 0.717) is 10.8 Å². The summed E-state index contributed by atoms with van der Waals surface area (Å²) in [5, 5.41) is 3.73. The number of nitrogens with one attached hydrogen (secondary N) is 1. The summed E-state index contributed by atoms with van der Waals surface area (Å²) in [4.78, 5) is 8.42. The van der Waals surface area contributed by atoms with E-state index in [1.165, 1.54) is 0 Å². The molecule has 1 N–H and O–H groups in total. The van der Waals surface area contributed by atoms with E-state index in [4.69, 9.17) is 11.6 Å². The van der Waals surface area contributed by atoms with Gasteiger partial charge in [0.15, 0.2) is 0 Å². The van der Waals surface area contributed by atoms with Gasteiger partial charge in [0.2, 0.25) is 0 Å². The van der Waals surface area contributed by atoms with Crippen LogP contribution in [0.2, 0.25) is 5.02 Å². The van der Waals surface area contributed by atoms with Crippen LogP contribution in [0, 0.1) is 6.92 Å². The van der Waals surface area contributed by atoms with E-state index in [1.54, 1.807) is 18.3 Å². The molecule has 0 amide bonds. The van der Waals surface area contributed by atoms with Gasteiger partial charge in [-0.1, -0.05) is 11.6 Å². The Balaban J connectivity index is 2.27. The van der Waals surface area contributed by atoms with Crippen molar-refractivity contribution < 1.29 is 0 Å². The number of anilines is 2. The lowest BCUT2D eigenvalue weighted by Crippen LogP contribution is -1.96. The second-order valence-electron chi connectivity index (χ2n) is 3.34. The van der Waals surface area contributed by atoms with Gasteiger partial charge in [-0.2, -0.15) is 0 Å². The Kier molecular flexibility index (Phi) is 3.41. The van der Waals surface area contributed by atoms with Crippen molar-refractivity contribution >= 4 is 39.2 Å². The summed E-state index contributed by atoms with van der Waals surface area (Å²) < 4.78 is 0.789. The summed E-state index contributed by atoms with van der Waals surface area (Å²) >= 11 is 9.21. The number of halogens is 2. The molecule has 0 atom stereocenters. The molecule has 0 radical (unpaired) electrons. The molecule has 16 heavy (non-hydrogen) atoms. The molecule has 2 rings (SSSR count). The molecule has 0 fully saturated rings. The van der Waals surface area contributed by atoms with E-state index in [2.05, 4.69) is 31.2 Å². The Morgan fingerprint density at radius 2 is 2.06 bits per heavy atom. The second kappa shape index (κ2) is 4.80. The van der Waals surface area contributed by atoms with Gasteiger partial charge in [-0.3, -0.25) is 0 Å². The predicted molar refractivity (Wildman–Crippen MR) is 69.2 cm³/mol. The SMILES string of the molecule is Cc1cc(Br)nc(Nc2cc(Cl)ccn2)c1. The zero-order valence-corrected chi connectivity index (χ0v) is 10.9. The molecule has 3 nitrogen and oxygen atoms in total. The zero-order valence-electron chi connectivity index (χ0n) is 8.54. The van der Waals surface area contributed by atoms with Crippen LogP contribution in [0.5, 0.6) is 0 Å². The van der Waals surface area contributed by atoms with Crippen LogP contribution in [0.3, 0.4) is 0 Å². The van der Waals surface area contributed by atoms with Crippen LogP contribution in [0.15, 0.2) is 35.1 Å². The highest BCUT2D eigenvalue weighted by molar-refractivity contribution is 9.10. The number of pyridine rings is 2. The molecule has 2 heterocycles. The molecule has 0 aliphatic heterocycles. The third-order valence-corrected chi connectivity index (χ3v) is 2.56. The summed E-state index contributed by atoms with van der Waals surface area (Å²) in [7, 11) is 0. The van der Waals surface area contributed by atoms with Crippen LogP contribution < -0.4 is 5.32 Å². The minimum atomic E-state index is 0.643. The van der Waals surface area contributed by atoms with Gasteiger partial charge >= 0.3 is 0 Å². The molecule has 0 aromatic carbocycles. The van der Waals surface area contributed by atoms with Gasteiger partial charge in [-0.25, -0.2) is 9.97 Å². The van der Waals surface area contributed by atoms with Crippen molar-refractivity contribution in [1.29, 1.82) is 0 Å². The maximum absolute atomic E-state index is 5.86. The van der Waals surface area contributed by atoms with E-state index in [0.717, 1.165) is 16.0 Å². The van der Waals surface area contributed by atoms with Crippen LogP contribution in [0.4, 0.5) is 11.6 Å². The number of rotatable bonds is 2. The van der Waals surface area contributed by atoms with E-state index in [9.17, 15) is 0 Å². The van der Waals surface area contributed by atoms with Crippen molar-refractivity contribution in [2.45, 2.75) is 6.92 Å². The largest absolute Gasteiger partial charge is 0.325 e. The fourth-order valence-corrected chi connectivity index (χ4v) is 2.00. The van der Waals surface area contributed by atoms with Gasteiger partial charge in [0.05, 0.1) is 0 Å². The second-order valence-corrected chi connectivity index (χ2v) is 4.59.